The summed E-state index contributed by atoms with van der Waals surface area (Å²) in [7, 11) is 0. The van der Waals surface area contributed by atoms with Gasteiger partial charge in [0.15, 0.2) is 0 Å². The highest BCUT2D eigenvalue weighted by Crippen LogP contribution is 2.30. The van der Waals surface area contributed by atoms with Gasteiger partial charge in [-0.25, -0.2) is 18.2 Å². The summed E-state index contributed by atoms with van der Waals surface area (Å²) in [6, 6.07) is 1.22. The number of nitrogens with two attached hydrogens (primary N) is 1. The first-order chi connectivity index (χ1) is 9.25. The van der Waals surface area contributed by atoms with E-state index >= 15 is 0 Å². The van der Waals surface area contributed by atoms with Gasteiger partial charge in [-0.2, -0.15) is 0 Å². The average Bonchev–Trinajstić information content (AvgIpc) is 2.36. The molecule has 0 fully saturated rings. The van der Waals surface area contributed by atoms with Crippen LogP contribution < -0.4 is 10.5 Å². The van der Waals surface area contributed by atoms with E-state index in [1.54, 1.807) is 6.92 Å². The fourth-order valence-corrected chi connectivity index (χ4v) is 2.21. The molecule has 2 atom stereocenters. The Kier molecular flexibility index (Phi) is 6.26. The highest BCUT2D eigenvalue weighted by atomic mass is 79.9. The SMILES string of the molecule is CC(COc1cnc(Br)cc1C(F)F)CC(C)(N)CF. The van der Waals surface area contributed by atoms with Crippen LogP contribution in [0.2, 0.25) is 0 Å². The highest BCUT2D eigenvalue weighted by Gasteiger charge is 2.22. The molecule has 1 rings (SSSR count). The molecule has 0 radical (unpaired) electrons. The standard InChI is InChI=1S/C13H18BrF3N2O/c1-8(4-13(2,18)7-15)6-20-10-5-19-11(14)3-9(10)12(16)17/h3,5,8,12H,4,6-7,18H2,1-2H3. The molecule has 3 nitrogen and oxygen atoms in total. The van der Waals surface area contributed by atoms with Crippen molar-refractivity contribution in [3.63, 3.8) is 0 Å². The second kappa shape index (κ2) is 7.26. The van der Waals surface area contributed by atoms with E-state index in [1.165, 1.54) is 12.3 Å². The molecule has 0 saturated heterocycles. The Morgan fingerprint density at radius 3 is 2.70 bits per heavy atom. The van der Waals surface area contributed by atoms with Gasteiger partial charge in [-0.3, -0.25) is 0 Å². The summed E-state index contributed by atoms with van der Waals surface area (Å²) in [4.78, 5) is 3.86. The lowest BCUT2D eigenvalue weighted by Crippen LogP contribution is -2.41. The molecular weight excluding hydrogens is 337 g/mol. The van der Waals surface area contributed by atoms with Crippen LogP contribution in [0.3, 0.4) is 0 Å². The Morgan fingerprint density at radius 1 is 1.50 bits per heavy atom. The smallest absolute Gasteiger partial charge is 0.267 e. The first-order valence-corrected chi connectivity index (χ1v) is 6.95. The van der Waals surface area contributed by atoms with Crippen molar-refractivity contribution < 1.29 is 17.9 Å². The molecule has 0 spiro atoms. The Balaban J connectivity index is 2.66. The molecule has 1 aromatic rings. The Bertz CT molecular complexity index is 444. The van der Waals surface area contributed by atoms with Crippen LogP contribution in [0.5, 0.6) is 5.75 Å². The summed E-state index contributed by atoms with van der Waals surface area (Å²) in [6.45, 7) is 2.97. The molecule has 0 saturated carbocycles. The number of alkyl halides is 3. The Hall–Kier alpha value is -0.820. The molecule has 0 aromatic carbocycles. The molecule has 0 aliphatic rings. The quantitative estimate of drug-likeness (QED) is 0.756. The minimum Gasteiger partial charge on any atom is -0.491 e. The van der Waals surface area contributed by atoms with Crippen molar-refractivity contribution in [2.24, 2.45) is 11.7 Å². The third-order valence-corrected chi connectivity index (χ3v) is 3.18. The lowest BCUT2D eigenvalue weighted by Gasteiger charge is -2.25. The summed E-state index contributed by atoms with van der Waals surface area (Å²) >= 11 is 3.04. The molecule has 1 heterocycles. The number of aromatic nitrogens is 1. The van der Waals surface area contributed by atoms with Crippen LogP contribution in [0, 0.1) is 5.92 Å². The predicted molar refractivity (Wildman–Crippen MR) is 74.7 cm³/mol. The van der Waals surface area contributed by atoms with E-state index in [-0.39, 0.29) is 23.8 Å². The fourth-order valence-electron chi connectivity index (χ4n) is 1.86. The fraction of sp³-hybridized carbons (Fsp3) is 0.615. The molecule has 0 aliphatic carbocycles. The summed E-state index contributed by atoms with van der Waals surface area (Å²) in [5, 5.41) is 0. The number of pyridine rings is 1. The van der Waals surface area contributed by atoms with Crippen molar-refractivity contribution in [2.45, 2.75) is 32.2 Å². The zero-order valence-corrected chi connectivity index (χ0v) is 13.0. The van der Waals surface area contributed by atoms with Crippen molar-refractivity contribution in [3.8, 4) is 5.75 Å². The number of halogens is 4. The summed E-state index contributed by atoms with van der Waals surface area (Å²) in [6.07, 6.45) is -1.00. The monoisotopic (exact) mass is 354 g/mol. The molecule has 2 N–H and O–H groups in total. The number of rotatable bonds is 7. The van der Waals surface area contributed by atoms with Gasteiger partial charge in [-0.1, -0.05) is 6.92 Å². The lowest BCUT2D eigenvalue weighted by molar-refractivity contribution is 0.140. The highest BCUT2D eigenvalue weighted by molar-refractivity contribution is 9.10. The maximum atomic E-state index is 12.9. The van der Waals surface area contributed by atoms with Crippen LogP contribution in [0.25, 0.3) is 0 Å². The van der Waals surface area contributed by atoms with E-state index in [1.807, 2.05) is 6.92 Å². The van der Waals surface area contributed by atoms with E-state index in [0.717, 1.165) is 0 Å². The number of hydrogen-bond donors (Lipinski definition) is 1. The second-order valence-corrected chi connectivity index (χ2v) is 6.07. The molecule has 114 valence electrons. The second-order valence-electron chi connectivity index (χ2n) is 5.25. The van der Waals surface area contributed by atoms with Crippen molar-refractivity contribution in [1.82, 2.24) is 4.98 Å². The van der Waals surface area contributed by atoms with Gasteiger partial charge in [0.1, 0.15) is 17.0 Å². The molecule has 2 unspecified atom stereocenters. The van der Waals surface area contributed by atoms with Gasteiger partial charge in [0.05, 0.1) is 18.4 Å². The van der Waals surface area contributed by atoms with Gasteiger partial charge in [0.25, 0.3) is 6.43 Å². The van der Waals surface area contributed by atoms with Gasteiger partial charge >= 0.3 is 0 Å². The van der Waals surface area contributed by atoms with Gasteiger partial charge < -0.3 is 10.5 Å². The van der Waals surface area contributed by atoms with Crippen molar-refractivity contribution in [2.75, 3.05) is 13.3 Å². The van der Waals surface area contributed by atoms with Gasteiger partial charge in [-0.15, -0.1) is 0 Å². The van der Waals surface area contributed by atoms with Gasteiger partial charge in [0.2, 0.25) is 0 Å². The topological polar surface area (TPSA) is 48.1 Å². The summed E-state index contributed by atoms with van der Waals surface area (Å²) in [5.41, 5.74) is 4.57. The molecule has 20 heavy (non-hydrogen) atoms. The zero-order valence-electron chi connectivity index (χ0n) is 11.4. The van der Waals surface area contributed by atoms with Crippen LogP contribution in [0.1, 0.15) is 32.3 Å². The van der Waals surface area contributed by atoms with E-state index in [9.17, 15) is 13.2 Å². The molecule has 1 aromatic heterocycles. The molecular formula is C13H18BrF3N2O. The van der Waals surface area contributed by atoms with Crippen LogP contribution in [0.15, 0.2) is 16.9 Å². The van der Waals surface area contributed by atoms with E-state index < -0.39 is 18.6 Å². The van der Waals surface area contributed by atoms with Crippen LogP contribution in [-0.2, 0) is 0 Å². The summed E-state index contributed by atoms with van der Waals surface area (Å²) < 4.78 is 44.0. The van der Waals surface area contributed by atoms with Crippen molar-refractivity contribution in [1.29, 1.82) is 0 Å². The number of ether oxygens (including phenoxy) is 1. The van der Waals surface area contributed by atoms with Crippen molar-refractivity contribution >= 4 is 15.9 Å². The molecule has 0 bridgehead atoms. The zero-order chi connectivity index (χ0) is 15.3. The predicted octanol–water partition coefficient (Wildman–Crippen LogP) is 3.87. The van der Waals surface area contributed by atoms with Crippen LogP contribution in [-0.4, -0.2) is 23.8 Å². The lowest BCUT2D eigenvalue weighted by atomic mass is 9.92. The number of hydrogen-bond acceptors (Lipinski definition) is 3. The molecule has 0 aliphatic heterocycles. The normalized spacial score (nSPS) is 16.0. The van der Waals surface area contributed by atoms with Crippen LogP contribution >= 0.6 is 15.9 Å². The van der Waals surface area contributed by atoms with Crippen molar-refractivity contribution in [3.05, 3.63) is 22.4 Å². The summed E-state index contributed by atoms with van der Waals surface area (Å²) in [5.74, 6) is -0.0241. The maximum absolute atomic E-state index is 12.9. The minimum absolute atomic E-state index is 0.0361. The number of nitrogens with zero attached hydrogens (tertiary/aromatic N) is 1. The Labute approximate surface area is 124 Å². The third kappa shape index (κ3) is 5.28. The molecule has 0 amide bonds. The maximum Gasteiger partial charge on any atom is 0.267 e. The Morgan fingerprint density at radius 2 is 2.15 bits per heavy atom. The minimum atomic E-state index is -2.65. The van der Waals surface area contributed by atoms with Gasteiger partial charge in [-0.05, 0) is 41.3 Å². The van der Waals surface area contributed by atoms with E-state index in [0.29, 0.717) is 11.0 Å². The third-order valence-electron chi connectivity index (χ3n) is 2.74. The van der Waals surface area contributed by atoms with Gasteiger partial charge in [0, 0.05) is 5.54 Å². The van der Waals surface area contributed by atoms with Crippen LogP contribution in [0.4, 0.5) is 13.2 Å². The van der Waals surface area contributed by atoms with E-state index in [4.69, 9.17) is 10.5 Å². The first kappa shape index (κ1) is 17.2. The average molecular weight is 355 g/mol. The van der Waals surface area contributed by atoms with E-state index in [2.05, 4.69) is 20.9 Å². The first-order valence-electron chi connectivity index (χ1n) is 6.16. The largest absolute Gasteiger partial charge is 0.491 e. The molecule has 7 heteroatoms.